The smallest absolute Gasteiger partial charge is 0.251 e. The molecule has 18 heavy (non-hydrogen) atoms. The summed E-state index contributed by atoms with van der Waals surface area (Å²) in [5.41, 5.74) is 1.17. The number of hydrogen-bond donors (Lipinski definition) is 2. The van der Waals surface area contributed by atoms with Crippen molar-refractivity contribution in [2.75, 3.05) is 13.1 Å². The van der Waals surface area contributed by atoms with Gasteiger partial charge < -0.3 is 10.6 Å². The predicted octanol–water partition coefficient (Wildman–Crippen LogP) is 1.29. The molecular weight excluding hydrogens is 226 g/mol. The van der Waals surface area contributed by atoms with Gasteiger partial charge in [-0.05, 0) is 43.1 Å². The van der Waals surface area contributed by atoms with Gasteiger partial charge >= 0.3 is 0 Å². The molecule has 1 amide bonds. The first-order chi connectivity index (χ1) is 8.70. The van der Waals surface area contributed by atoms with Gasteiger partial charge in [0, 0.05) is 18.2 Å². The third kappa shape index (κ3) is 2.88. The van der Waals surface area contributed by atoms with E-state index in [1.54, 1.807) is 24.3 Å². The second-order valence-electron chi connectivity index (χ2n) is 4.74. The number of nitrogens with one attached hydrogen (secondary N) is 2. The van der Waals surface area contributed by atoms with Crippen molar-refractivity contribution in [1.29, 1.82) is 5.26 Å². The molecule has 0 spiro atoms. The van der Waals surface area contributed by atoms with Crippen LogP contribution in [0.25, 0.3) is 0 Å². The van der Waals surface area contributed by atoms with Crippen molar-refractivity contribution in [2.24, 2.45) is 5.92 Å². The van der Waals surface area contributed by atoms with E-state index < -0.39 is 0 Å². The summed E-state index contributed by atoms with van der Waals surface area (Å²) >= 11 is 0. The highest BCUT2D eigenvalue weighted by Crippen LogP contribution is 2.12. The Morgan fingerprint density at radius 3 is 2.78 bits per heavy atom. The Bertz CT molecular complexity index is 461. The van der Waals surface area contributed by atoms with Gasteiger partial charge in [0.25, 0.3) is 5.91 Å². The number of rotatable bonds is 2. The van der Waals surface area contributed by atoms with Crippen LogP contribution in [-0.4, -0.2) is 25.0 Å². The van der Waals surface area contributed by atoms with Crippen molar-refractivity contribution in [2.45, 2.75) is 19.4 Å². The lowest BCUT2D eigenvalue weighted by atomic mass is 9.94. The molecule has 1 heterocycles. The summed E-state index contributed by atoms with van der Waals surface area (Å²) in [6.07, 6.45) is 1.08. The standard InChI is InChI=1S/C14H17N3O/c1-10-6-7-16-9-13(10)17-14(18)12-4-2-11(8-15)3-5-12/h2-5,10,13,16H,6-7,9H2,1H3,(H,17,18). The fourth-order valence-electron chi connectivity index (χ4n) is 2.13. The van der Waals surface area contributed by atoms with Gasteiger partial charge in [-0.3, -0.25) is 4.79 Å². The molecule has 2 atom stereocenters. The summed E-state index contributed by atoms with van der Waals surface area (Å²) in [6, 6.07) is 8.93. The molecule has 94 valence electrons. The minimum atomic E-state index is -0.0694. The van der Waals surface area contributed by atoms with Crippen molar-refractivity contribution >= 4 is 5.91 Å². The Hall–Kier alpha value is -1.86. The van der Waals surface area contributed by atoms with Crippen LogP contribution in [0.4, 0.5) is 0 Å². The van der Waals surface area contributed by atoms with Gasteiger partial charge in [-0.25, -0.2) is 0 Å². The Kier molecular flexibility index (Phi) is 3.96. The van der Waals surface area contributed by atoms with E-state index in [0.29, 0.717) is 17.0 Å². The van der Waals surface area contributed by atoms with Crippen LogP contribution < -0.4 is 10.6 Å². The Balaban J connectivity index is 2.00. The SMILES string of the molecule is CC1CCNCC1NC(=O)c1ccc(C#N)cc1. The maximum Gasteiger partial charge on any atom is 0.251 e. The number of carbonyl (C=O) groups is 1. The Morgan fingerprint density at radius 2 is 2.17 bits per heavy atom. The van der Waals surface area contributed by atoms with Gasteiger partial charge in [-0.1, -0.05) is 6.92 Å². The highest BCUT2D eigenvalue weighted by molar-refractivity contribution is 5.94. The van der Waals surface area contributed by atoms with Crippen LogP contribution in [0.1, 0.15) is 29.3 Å². The normalized spacial score (nSPS) is 23.1. The fourth-order valence-corrected chi connectivity index (χ4v) is 2.13. The zero-order chi connectivity index (χ0) is 13.0. The topological polar surface area (TPSA) is 64.9 Å². The lowest BCUT2D eigenvalue weighted by Gasteiger charge is -2.30. The molecule has 1 saturated heterocycles. The number of amides is 1. The molecule has 4 nitrogen and oxygen atoms in total. The minimum Gasteiger partial charge on any atom is -0.348 e. The summed E-state index contributed by atoms with van der Waals surface area (Å²) in [6.45, 7) is 4.00. The molecular formula is C14H17N3O. The van der Waals surface area contributed by atoms with E-state index in [-0.39, 0.29) is 11.9 Å². The lowest BCUT2D eigenvalue weighted by molar-refractivity contribution is 0.0915. The first-order valence-electron chi connectivity index (χ1n) is 6.22. The van der Waals surface area contributed by atoms with E-state index >= 15 is 0 Å². The zero-order valence-electron chi connectivity index (χ0n) is 10.4. The van der Waals surface area contributed by atoms with Crippen LogP contribution in [-0.2, 0) is 0 Å². The van der Waals surface area contributed by atoms with Crippen molar-refractivity contribution < 1.29 is 4.79 Å². The minimum absolute atomic E-state index is 0.0694. The quantitative estimate of drug-likeness (QED) is 0.822. The van der Waals surface area contributed by atoms with Crippen LogP contribution >= 0.6 is 0 Å². The molecule has 4 heteroatoms. The van der Waals surface area contributed by atoms with E-state index in [1.807, 2.05) is 6.07 Å². The van der Waals surface area contributed by atoms with Crippen LogP contribution in [0.15, 0.2) is 24.3 Å². The number of benzene rings is 1. The maximum atomic E-state index is 12.0. The highest BCUT2D eigenvalue weighted by Gasteiger charge is 2.22. The molecule has 0 radical (unpaired) electrons. The summed E-state index contributed by atoms with van der Waals surface area (Å²) < 4.78 is 0. The average Bonchev–Trinajstić information content (AvgIpc) is 2.41. The van der Waals surface area contributed by atoms with E-state index in [1.165, 1.54) is 0 Å². The van der Waals surface area contributed by atoms with Crippen molar-refractivity contribution in [3.05, 3.63) is 35.4 Å². The third-order valence-corrected chi connectivity index (χ3v) is 3.42. The molecule has 1 fully saturated rings. The fraction of sp³-hybridized carbons (Fsp3) is 0.429. The first-order valence-corrected chi connectivity index (χ1v) is 6.22. The number of nitriles is 1. The molecule has 0 bridgehead atoms. The molecule has 0 aliphatic carbocycles. The van der Waals surface area contributed by atoms with E-state index in [0.717, 1.165) is 19.5 Å². The molecule has 0 aromatic heterocycles. The molecule has 1 aromatic carbocycles. The van der Waals surface area contributed by atoms with E-state index in [9.17, 15) is 4.79 Å². The van der Waals surface area contributed by atoms with E-state index in [4.69, 9.17) is 5.26 Å². The summed E-state index contributed by atoms with van der Waals surface area (Å²) in [5, 5.41) is 15.0. The third-order valence-electron chi connectivity index (χ3n) is 3.42. The summed E-state index contributed by atoms with van der Waals surface area (Å²) in [5.74, 6) is 0.425. The average molecular weight is 243 g/mol. The lowest BCUT2D eigenvalue weighted by Crippen LogP contribution is -2.50. The van der Waals surface area contributed by atoms with Gasteiger partial charge in [-0.2, -0.15) is 5.26 Å². The number of carbonyl (C=O) groups excluding carboxylic acids is 1. The molecule has 2 N–H and O–H groups in total. The monoisotopic (exact) mass is 243 g/mol. The molecule has 2 unspecified atom stereocenters. The Labute approximate surface area is 107 Å². The molecule has 1 aliphatic heterocycles. The summed E-state index contributed by atoms with van der Waals surface area (Å²) in [4.78, 5) is 12.0. The largest absolute Gasteiger partial charge is 0.348 e. The number of hydrogen-bond acceptors (Lipinski definition) is 3. The van der Waals surface area contributed by atoms with Crippen LogP contribution in [0.2, 0.25) is 0 Å². The molecule has 2 rings (SSSR count). The van der Waals surface area contributed by atoms with Crippen molar-refractivity contribution in [3.63, 3.8) is 0 Å². The molecule has 1 aromatic rings. The second-order valence-corrected chi connectivity index (χ2v) is 4.74. The molecule has 1 aliphatic rings. The van der Waals surface area contributed by atoms with Gasteiger partial charge in [0.05, 0.1) is 11.6 Å². The van der Waals surface area contributed by atoms with E-state index in [2.05, 4.69) is 17.6 Å². The summed E-state index contributed by atoms with van der Waals surface area (Å²) in [7, 11) is 0. The van der Waals surface area contributed by atoms with Gasteiger partial charge in [0.1, 0.15) is 0 Å². The van der Waals surface area contributed by atoms with Crippen molar-refractivity contribution in [1.82, 2.24) is 10.6 Å². The predicted molar refractivity (Wildman–Crippen MR) is 69.1 cm³/mol. The van der Waals surface area contributed by atoms with Crippen LogP contribution in [0.5, 0.6) is 0 Å². The zero-order valence-corrected chi connectivity index (χ0v) is 10.4. The number of piperidine rings is 1. The number of nitrogens with zero attached hydrogens (tertiary/aromatic N) is 1. The van der Waals surface area contributed by atoms with Gasteiger partial charge in [0.15, 0.2) is 0 Å². The van der Waals surface area contributed by atoms with Crippen molar-refractivity contribution in [3.8, 4) is 6.07 Å². The maximum absolute atomic E-state index is 12.0. The first kappa shape index (κ1) is 12.6. The highest BCUT2D eigenvalue weighted by atomic mass is 16.1. The molecule has 0 saturated carbocycles. The second kappa shape index (κ2) is 5.65. The van der Waals surface area contributed by atoms with Gasteiger partial charge in [0.2, 0.25) is 0 Å². The van der Waals surface area contributed by atoms with Crippen LogP contribution in [0, 0.1) is 17.2 Å². The van der Waals surface area contributed by atoms with Crippen LogP contribution in [0.3, 0.4) is 0 Å². The Morgan fingerprint density at radius 1 is 1.44 bits per heavy atom. The van der Waals surface area contributed by atoms with Gasteiger partial charge in [-0.15, -0.1) is 0 Å².